The van der Waals surface area contributed by atoms with Gasteiger partial charge in [-0.2, -0.15) is 0 Å². The van der Waals surface area contributed by atoms with Gasteiger partial charge >= 0.3 is 0 Å². The van der Waals surface area contributed by atoms with E-state index in [1.54, 1.807) is 6.20 Å². The van der Waals surface area contributed by atoms with E-state index in [1.807, 2.05) is 27.7 Å². The van der Waals surface area contributed by atoms with Crippen molar-refractivity contribution in [2.45, 2.75) is 39.7 Å². The fourth-order valence-corrected chi connectivity index (χ4v) is 2.20. The first-order chi connectivity index (χ1) is 13.6. The van der Waals surface area contributed by atoms with Crippen molar-refractivity contribution in [2.75, 3.05) is 18.4 Å². The van der Waals surface area contributed by atoms with Gasteiger partial charge in [0.15, 0.2) is 23.4 Å². The normalized spacial score (nSPS) is 12.0. The van der Waals surface area contributed by atoms with Gasteiger partial charge in [0, 0.05) is 12.0 Å². The first-order valence-corrected chi connectivity index (χ1v) is 9.02. The molecule has 0 aliphatic rings. The maximum atomic E-state index is 13.6. The van der Waals surface area contributed by atoms with E-state index in [-0.39, 0.29) is 18.5 Å². The first kappa shape index (κ1) is 22.3. The first-order valence-electron chi connectivity index (χ1n) is 9.02. The molecule has 1 amide bonds. The topological polar surface area (TPSA) is 91.5 Å². The Bertz CT molecular complexity index is 890. The summed E-state index contributed by atoms with van der Waals surface area (Å²) in [7, 11) is 0. The van der Waals surface area contributed by atoms with Gasteiger partial charge in [0.2, 0.25) is 11.8 Å². The summed E-state index contributed by atoms with van der Waals surface area (Å²) in [6.45, 7) is 8.26. The van der Waals surface area contributed by atoms with E-state index < -0.39 is 29.0 Å². The van der Waals surface area contributed by atoms with Gasteiger partial charge in [-0.15, -0.1) is 0 Å². The molecule has 29 heavy (non-hydrogen) atoms. The quantitative estimate of drug-likeness (QED) is 0.386. The predicted octanol–water partition coefficient (Wildman–Crippen LogP) is 3.08. The van der Waals surface area contributed by atoms with Crippen LogP contribution in [0.2, 0.25) is 0 Å². The fraction of sp³-hybridized carbons (Fsp3) is 0.421. The van der Waals surface area contributed by atoms with E-state index in [1.165, 1.54) is 0 Å². The Kier molecular flexibility index (Phi) is 7.24. The maximum Gasteiger partial charge on any atom is 0.246 e. The number of oxazole rings is 1. The maximum absolute atomic E-state index is 13.6. The van der Waals surface area contributed by atoms with Crippen molar-refractivity contribution in [1.29, 1.82) is 0 Å². The molecule has 0 fully saturated rings. The highest BCUT2D eigenvalue weighted by atomic mass is 19.2. The number of hydrogen-bond donors (Lipinski definition) is 3. The zero-order chi connectivity index (χ0) is 21.6. The smallest absolute Gasteiger partial charge is 0.246 e. The van der Waals surface area contributed by atoms with Crippen molar-refractivity contribution < 1.29 is 22.4 Å². The van der Waals surface area contributed by atoms with Crippen molar-refractivity contribution >= 4 is 17.6 Å². The van der Waals surface area contributed by atoms with E-state index in [0.717, 1.165) is 17.9 Å². The van der Waals surface area contributed by atoms with Gasteiger partial charge in [-0.3, -0.25) is 4.79 Å². The molecule has 0 atom stereocenters. The lowest BCUT2D eigenvalue weighted by molar-refractivity contribution is -0.114. The molecule has 0 aliphatic heterocycles. The molecule has 1 aromatic carbocycles. The van der Waals surface area contributed by atoms with Crippen molar-refractivity contribution in [3.63, 3.8) is 0 Å². The van der Waals surface area contributed by atoms with Crippen LogP contribution in [0.4, 0.5) is 18.9 Å². The van der Waals surface area contributed by atoms with Crippen LogP contribution in [0.15, 0.2) is 27.7 Å². The van der Waals surface area contributed by atoms with Crippen LogP contribution >= 0.6 is 0 Å². The molecule has 0 saturated carbocycles. The van der Waals surface area contributed by atoms with Crippen LogP contribution in [-0.4, -0.2) is 29.9 Å². The van der Waals surface area contributed by atoms with Crippen LogP contribution < -0.4 is 16.0 Å². The number of anilines is 1. The van der Waals surface area contributed by atoms with Crippen LogP contribution in [0, 0.1) is 17.5 Å². The lowest BCUT2D eigenvalue weighted by Gasteiger charge is -2.13. The number of aliphatic imine (C=N–C) groups is 1. The molecule has 7 nitrogen and oxygen atoms in total. The van der Waals surface area contributed by atoms with Gasteiger partial charge in [-0.1, -0.05) is 20.8 Å². The number of halogens is 3. The number of nitrogens with zero attached hydrogens (tertiary/aromatic N) is 2. The second-order valence-corrected chi connectivity index (χ2v) is 7.19. The van der Waals surface area contributed by atoms with Gasteiger partial charge in [0.1, 0.15) is 12.3 Å². The number of carbonyl (C=O) groups is 1. The molecule has 0 aliphatic carbocycles. The standard InChI is InChI=1S/C19H24F3N5O2/c1-5-23-18(26-10-15-24-8-13(29-15)19(2,3)4)25-9-14(28)27-12-7-6-11(20)16(21)17(12)22/h6-8H,5,9-10H2,1-4H3,(H,27,28)(H2,23,25,26). The minimum atomic E-state index is -1.65. The minimum absolute atomic E-state index is 0.170. The molecule has 0 spiro atoms. The molecule has 2 rings (SSSR count). The highest BCUT2D eigenvalue weighted by Gasteiger charge is 2.19. The molecule has 0 unspecified atom stereocenters. The monoisotopic (exact) mass is 411 g/mol. The van der Waals surface area contributed by atoms with Crippen LogP contribution in [0.3, 0.4) is 0 Å². The van der Waals surface area contributed by atoms with E-state index in [0.29, 0.717) is 18.4 Å². The van der Waals surface area contributed by atoms with E-state index in [4.69, 9.17) is 4.42 Å². The Morgan fingerprint density at radius 3 is 2.52 bits per heavy atom. The Morgan fingerprint density at radius 1 is 1.17 bits per heavy atom. The highest BCUT2D eigenvalue weighted by molar-refractivity contribution is 5.94. The van der Waals surface area contributed by atoms with Crippen LogP contribution in [0.5, 0.6) is 0 Å². The summed E-state index contributed by atoms with van der Waals surface area (Å²) < 4.78 is 45.5. The zero-order valence-corrected chi connectivity index (χ0v) is 16.7. The summed E-state index contributed by atoms with van der Waals surface area (Å²) in [5.74, 6) is -3.65. The minimum Gasteiger partial charge on any atom is -0.443 e. The number of aromatic nitrogens is 1. The number of guanidine groups is 1. The average molecular weight is 411 g/mol. The number of carbonyl (C=O) groups excluding carboxylic acids is 1. The Labute approximate surface area is 166 Å². The van der Waals surface area contributed by atoms with Gasteiger partial charge in [-0.05, 0) is 19.1 Å². The van der Waals surface area contributed by atoms with Gasteiger partial charge < -0.3 is 20.4 Å². The Morgan fingerprint density at radius 2 is 1.90 bits per heavy atom. The average Bonchev–Trinajstić information content (AvgIpc) is 3.14. The molecule has 0 saturated heterocycles. The molecule has 2 aromatic rings. The van der Waals surface area contributed by atoms with Crippen LogP contribution in [0.25, 0.3) is 0 Å². The highest BCUT2D eigenvalue weighted by Crippen LogP contribution is 2.22. The van der Waals surface area contributed by atoms with Crippen LogP contribution in [-0.2, 0) is 16.8 Å². The van der Waals surface area contributed by atoms with Crippen molar-refractivity contribution in [3.8, 4) is 0 Å². The second-order valence-electron chi connectivity index (χ2n) is 7.19. The number of amides is 1. The van der Waals surface area contributed by atoms with E-state index in [9.17, 15) is 18.0 Å². The molecular formula is C19H24F3N5O2. The molecular weight excluding hydrogens is 387 g/mol. The lowest BCUT2D eigenvalue weighted by Crippen LogP contribution is -2.37. The fourth-order valence-electron chi connectivity index (χ4n) is 2.20. The van der Waals surface area contributed by atoms with Gasteiger partial charge in [0.25, 0.3) is 0 Å². The third-order valence-corrected chi connectivity index (χ3v) is 3.73. The summed E-state index contributed by atoms with van der Waals surface area (Å²) in [4.78, 5) is 20.2. The lowest BCUT2D eigenvalue weighted by atomic mass is 9.94. The number of benzene rings is 1. The van der Waals surface area contributed by atoms with E-state index >= 15 is 0 Å². The Hall–Kier alpha value is -3.04. The summed E-state index contributed by atoms with van der Waals surface area (Å²) >= 11 is 0. The van der Waals surface area contributed by atoms with Crippen molar-refractivity contribution in [3.05, 3.63) is 47.4 Å². The molecule has 1 heterocycles. The molecule has 158 valence electrons. The SMILES string of the molecule is CCNC(=NCC(=O)Nc1ccc(F)c(F)c1F)NCc1ncc(C(C)(C)C)o1. The summed E-state index contributed by atoms with van der Waals surface area (Å²) in [6, 6.07) is 1.67. The molecule has 3 N–H and O–H groups in total. The largest absolute Gasteiger partial charge is 0.443 e. The number of nitrogens with one attached hydrogen (secondary N) is 3. The van der Waals surface area contributed by atoms with E-state index in [2.05, 4.69) is 25.9 Å². The molecule has 10 heteroatoms. The zero-order valence-electron chi connectivity index (χ0n) is 16.7. The summed E-state index contributed by atoms with van der Waals surface area (Å²) in [5, 5.41) is 8.07. The van der Waals surface area contributed by atoms with Gasteiger partial charge in [0.05, 0.1) is 18.4 Å². The predicted molar refractivity (Wildman–Crippen MR) is 103 cm³/mol. The molecule has 0 bridgehead atoms. The number of hydrogen-bond acceptors (Lipinski definition) is 4. The summed E-state index contributed by atoms with van der Waals surface area (Å²) in [5.41, 5.74) is -0.631. The third kappa shape index (κ3) is 6.23. The molecule has 1 aromatic heterocycles. The molecule has 0 radical (unpaired) electrons. The van der Waals surface area contributed by atoms with Gasteiger partial charge in [-0.25, -0.2) is 23.1 Å². The van der Waals surface area contributed by atoms with Crippen molar-refractivity contribution in [2.24, 2.45) is 4.99 Å². The number of rotatable bonds is 6. The van der Waals surface area contributed by atoms with Crippen LogP contribution in [0.1, 0.15) is 39.3 Å². The summed E-state index contributed by atoms with van der Waals surface area (Å²) in [6.07, 6.45) is 1.66. The Balaban J connectivity index is 1.97. The third-order valence-electron chi connectivity index (χ3n) is 3.73. The second kappa shape index (κ2) is 9.44. The van der Waals surface area contributed by atoms with Crippen molar-refractivity contribution in [1.82, 2.24) is 15.6 Å².